The highest BCUT2D eigenvalue weighted by Gasteiger charge is 2.19. The Labute approximate surface area is 104 Å². The summed E-state index contributed by atoms with van der Waals surface area (Å²) in [5, 5.41) is 0. The molecule has 0 aliphatic carbocycles. The van der Waals surface area contributed by atoms with Gasteiger partial charge in [0.05, 0.1) is 12.0 Å². The molecule has 0 saturated heterocycles. The predicted octanol–water partition coefficient (Wildman–Crippen LogP) is 2.15. The summed E-state index contributed by atoms with van der Waals surface area (Å²) >= 11 is 4.57. The number of esters is 1. The summed E-state index contributed by atoms with van der Waals surface area (Å²) in [4.78, 5) is 24.0. The van der Waals surface area contributed by atoms with Gasteiger partial charge in [-0.05, 0) is 15.9 Å². The molecular formula is C9H6BrN3O2S. The third-order valence-electron chi connectivity index (χ3n) is 1.80. The Hall–Kier alpha value is -1.34. The average Bonchev–Trinajstić information content (AvgIpc) is 2.71. The molecule has 2 rings (SSSR count). The van der Waals surface area contributed by atoms with E-state index in [0.717, 1.165) is 5.56 Å². The topological polar surface area (TPSA) is 65.0 Å². The highest BCUT2D eigenvalue weighted by molar-refractivity contribution is 9.11. The Balaban J connectivity index is 2.53. The standard InChI is InChI=1S/C9H6BrN3O2S/c1-15-8(14)6-7(16-9(10)13-6)5-2-11-4-12-3-5/h2-4H,1H3. The summed E-state index contributed by atoms with van der Waals surface area (Å²) in [5.41, 5.74) is 1.01. The first-order chi connectivity index (χ1) is 7.72. The molecule has 0 unspecified atom stereocenters. The van der Waals surface area contributed by atoms with E-state index < -0.39 is 5.97 Å². The highest BCUT2D eigenvalue weighted by Crippen LogP contribution is 2.32. The van der Waals surface area contributed by atoms with Gasteiger partial charge in [0.1, 0.15) is 6.33 Å². The van der Waals surface area contributed by atoms with Crippen LogP contribution < -0.4 is 0 Å². The first kappa shape index (κ1) is 11.2. The van der Waals surface area contributed by atoms with Crippen LogP contribution in [0.4, 0.5) is 0 Å². The second kappa shape index (κ2) is 4.67. The normalized spacial score (nSPS) is 10.1. The molecule has 7 heteroatoms. The molecule has 0 bridgehead atoms. The number of carbonyl (C=O) groups is 1. The number of rotatable bonds is 2. The number of carbonyl (C=O) groups excluding carboxylic acids is 1. The highest BCUT2D eigenvalue weighted by atomic mass is 79.9. The van der Waals surface area contributed by atoms with Gasteiger partial charge in [-0.1, -0.05) is 0 Å². The van der Waals surface area contributed by atoms with Crippen LogP contribution in [0.15, 0.2) is 22.6 Å². The van der Waals surface area contributed by atoms with Crippen LogP contribution in [0.25, 0.3) is 10.4 Å². The van der Waals surface area contributed by atoms with Crippen molar-refractivity contribution in [1.29, 1.82) is 0 Å². The molecule has 0 saturated carbocycles. The lowest BCUT2D eigenvalue weighted by Crippen LogP contribution is -2.03. The fourth-order valence-electron chi connectivity index (χ4n) is 1.14. The average molecular weight is 300 g/mol. The van der Waals surface area contributed by atoms with E-state index >= 15 is 0 Å². The zero-order valence-electron chi connectivity index (χ0n) is 8.18. The van der Waals surface area contributed by atoms with Crippen LogP contribution in [0.2, 0.25) is 0 Å². The van der Waals surface area contributed by atoms with Gasteiger partial charge in [0.15, 0.2) is 9.61 Å². The van der Waals surface area contributed by atoms with Gasteiger partial charge >= 0.3 is 5.97 Å². The predicted molar refractivity (Wildman–Crippen MR) is 62.2 cm³/mol. The first-order valence-electron chi connectivity index (χ1n) is 4.22. The molecule has 0 radical (unpaired) electrons. The molecule has 5 nitrogen and oxygen atoms in total. The summed E-state index contributed by atoms with van der Waals surface area (Å²) in [5.74, 6) is -0.471. The van der Waals surface area contributed by atoms with Gasteiger partial charge < -0.3 is 4.74 Å². The van der Waals surface area contributed by atoms with Crippen molar-refractivity contribution in [3.8, 4) is 10.4 Å². The summed E-state index contributed by atoms with van der Waals surface area (Å²) < 4.78 is 5.27. The minimum atomic E-state index is -0.471. The third kappa shape index (κ3) is 2.10. The first-order valence-corrected chi connectivity index (χ1v) is 5.83. The number of aromatic nitrogens is 3. The summed E-state index contributed by atoms with van der Waals surface area (Å²) in [6.45, 7) is 0. The molecular weight excluding hydrogens is 294 g/mol. The van der Waals surface area contributed by atoms with Crippen LogP contribution in [0.1, 0.15) is 10.5 Å². The maximum absolute atomic E-state index is 11.5. The van der Waals surface area contributed by atoms with Gasteiger partial charge in [-0.25, -0.2) is 19.7 Å². The summed E-state index contributed by atoms with van der Waals surface area (Å²) in [6.07, 6.45) is 4.68. The molecule has 16 heavy (non-hydrogen) atoms. The van der Waals surface area contributed by atoms with Crippen molar-refractivity contribution >= 4 is 33.2 Å². The van der Waals surface area contributed by atoms with E-state index in [-0.39, 0.29) is 5.69 Å². The smallest absolute Gasteiger partial charge is 0.358 e. The maximum atomic E-state index is 11.5. The Morgan fingerprint density at radius 2 is 2.12 bits per heavy atom. The monoisotopic (exact) mass is 299 g/mol. The second-order valence-corrected chi connectivity index (χ2v) is 5.04. The fraction of sp³-hybridized carbons (Fsp3) is 0.111. The fourth-order valence-corrected chi connectivity index (χ4v) is 2.56. The van der Waals surface area contributed by atoms with Crippen LogP contribution in [0, 0.1) is 0 Å². The Morgan fingerprint density at radius 3 is 2.75 bits per heavy atom. The molecule has 2 aromatic rings. The number of halogens is 1. The molecule has 0 aliphatic rings. The minimum Gasteiger partial charge on any atom is -0.464 e. The third-order valence-corrected chi connectivity index (χ3v) is 3.36. The molecule has 2 heterocycles. The van der Waals surface area contributed by atoms with Crippen molar-refractivity contribution in [2.24, 2.45) is 0 Å². The summed E-state index contributed by atoms with van der Waals surface area (Å²) in [6, 6.07) is 0. The van der Waals surface area contributed by atoms with Crippen molar-refractivity contribution in [2.75, 3.05) is 7.11 Å². The lowest BCUT2D eigenvalue weighted by molar-refractivity contribution is 0.0595. The van der Waals surface area contributed by atoms with Crippen LogP contribution in [-0.4, -0.2) is 28.0 Å². The second-order valence-electron chi connectivity index (χ2n) is 2.76. The van der Waals surface area contributed by atoms with Crippen molar-refractivity contribution in [2.45, 2.75) is 0 Å². The Bertz CT molecular complexity index is 515. The lowest BCUT2D eigenvalue weighted by atomic mass is 10.2. The SMILES string of the molecule is COC(=O)c1nc(Br)sc1-c1cncnc1. The van der Waals surface area contributed by atoms with Gasteiger partial charge in [-0.2, -0.15) is 0 Å². The zero-order valence-corrected chi connectivity index (χ0v) is 10.6. The van der Waals surface area contributed by atoms with Crippen LogP contribution in [-0.2, 0) is 4.74 Å². The van der Waals surface area contributed by atoms with E-state index in [2.05, 4.69) is 35.6 Å². The molecule has 0 atom stereocenters. The molecule has 0 N–H and O–H groups in total. The zero-order chi connectivity index (χ0) is 11.5. The van der Waals surface area contributed by atoms with E-state index in [0.29, 0.717) is 8.79 Å². The quantitative estimate of drug-likeness (QED) is 0.795. The Morgan fingerprint density at radius 1 is 1.44 bits per heavy atom. The van der Waals surface area contributed by atoms with E-state index in [1.165, 1.54) is 24.8 Å². The number of methoxy groups -OCH3 is 1. The van der Waals surface area contributed by atoms with Crippen LogP contribution in [0.3, 0.4) is 0 Å². The maximum Gasteiger partial charge on any atom is 0.358 e. The van der Waals surface area contributed by atoms with E-state index in [1.54, 1.807) is 12.4 Å². The molecule has 2 aromatic heterocycles. The van der Waals surface area contributed by atoms with E-state index in [1.807, 2.05) is 0 Å². The summed E-state index contributed by atoms with van der Waals surface area (Å²) in [7, 11) is 1.32. The number of thiazole rings is 1. The largest absolute Gasteiger partial charge is 0.464 e. The number of ether oxygens (including phenoxy) is 1. The minimum absolute atomic E-state index is 0.272. The van der Waals surface area contributed by atoms with Crippen LogP contribution >= 0.6 is 27.3 Å². The van der Waals surface area contributed by atoms with Crippen molar-refractivity contribution in [3.05, 3.63) is 28.3 Å². The molecule has 0 aromatic carbocycles. The molecule has 0 aliphatic heterocycles. The lowest BCUT2D eigenvalue weighted by Gasteiger charge is -1.98. The van der Waals surface area contributed by atoms with Crippen LogP contribution in [0.5, 0.6) is 0 Å². The van der Waals surface area contributed by atoms with E-state index in [9.17, 15) is 4.79 Å². The van der Waals surface area contributed by atoms with Crippen molar-refractivity contribution in [3.63, 3.8) is 0 Å². The van der Waals surface area contributed by atoms with E-state index in [4.69, 9.17) is 0 Å². The van der Waals surface area contributed by atoms with Crippen molar-refractivity contribution < 1.29 is 9.53 Å². The van der Waals surface area contributed by atoms with Crippen molar-refractivity contribution in [1.82, 2.24) is 15.0 Å². The molecule has 0 fully saturated rings. The number of hydrogen-bond donors (Lipinski definition) is 0. The Kier molecular flexibility index (Phi) is 3.25. The van der Waals surface area contributed by atoms with Gasteiger partial charge in [0.2, 0.25) is 0 Å². The number of hydrogen-bond acceptors (Lipinski definition) is 6. The van der Waals surface area contributed by atoms with Gasteiger partial charge in [-0.15, -0.1) is 11.3 Å². The molecule has 0 amide bonds. The number of nitrogens with zero attached hydrogens (tertiary/aromatic N) is 3. The van der Waals surface area contributed by atoms with Gasteiger partial charge in [0, 0.05) is 18.0 Å². The van der Waals surface area contributed by atoms with Gasteiger partial charge in [-0.3, -0.25) is 0 Å². The molecule has 82 valence electrons. The molecule has 0 spiro atoms. The van der Waals surface area contributed by atoms with Gasteiger partial charge in [0.25, 0.3) is 0 Å².